The first-order chi connectivity index (χ1) is 3.18. The second-order valence-corrected chi connectivity index (χ2v) is 22.0. The lowest BCUT2D eigenvalue weighted by molar-refractivity contribution is 4.87. The molecule has 0 bridgehead atoms. The number of hydrogen-bond donors (Lipinski definition) is 0. The van der Waals surface area contributed by atoms with E-state index in [4.69, 9.17) is 0 Å². The van der Waals surface area contributed by atoms with Crippen LogP contribution >= 0.6 is 57.6 Å². The molecule has 0 N–H and O–H groups in total. The molecule has 0 saturated carbocycles. The Kier molecular flexibility index (Phi) is 8.25. The lowest BCUT2D eigenvalue weighted by atomic mass is 28.9. The van der Waals surface area contributed by atoms with Crippen molar-refractivity contribution in [1.82, 2.24) is 0 Å². The first-order valence-electron chi connectivity index (χ1n) is 1.43. The van der Waals surface area contributed by atoms with Gasteiger partial charge in [0.1, 0.15) is 0 Å². The van der Waals surface area contributed by atoms with Gasteiger partial charge in [-0.05, 0) is 0 Å². The van der Waals surface area contributed by atoms with Gasteiger partial charge in [-0.15, -0.1) is 26.8 Å². The molecule has 0 amide bonds. The van der Waals surface area contributed by atoms with Crippen molar-refractivity contribution in [1.29, 1.82) is 0 Å². The van der Waals surface area contributed by atoms with Gasteiger partial charge in [0.25, 0.3) is 0 Å². The van der Waals surface area contributed by atoms with E-state index < -0.39 is 0 Å². The minimum atomic E-state index is 0.166. The summed E-state index contributed by atoms with van der Waals surface area (Å²) in [6, 6.07) is 0. The van der Waals surface area contributed by atoms with Gasteiger partial charge in [0.05, 0.1) is 0 Å². The Bertz CT molecular complexity index is 37.3. The van der Waals surface area contributed by atoms with Crippen LogP contribution in [-0.4, -0.2) is 0 Å². The van der Waals surface area contributed by atoms with Crippen LogP contribution in [0.5, 0.6) is 0 Å². The standard InChI is InChI=1S/H8P7/c1-5-7(4)6(2)3/h1-4H2/q-1. The fraction of sp³-hybridized carbons (Fsp3) is 0. The highest BCUT2D eigenvalue weighted by molar-refractivity contribution is 8.98. The van der Waals surface area contributed by atoms with Gasteiger partial charge in [-0.25, -0.2) is 6.99 Å². The molecular formula is H8P7-. The molecule has 5 unspecified atom stereocenters. The summed E-state index contributed by atoms with van der Waals surface area (Å²) in [5, 5.41) is 0. The molecule has 5 atom stereocenters. The zero-order valence-electron chi connectivity index (χ0n) is 3.65. The van der Waals surface area contributed by atoms with Crippen LogP contribution in [0.3, 0.4) is 0 Å². The Balaban J connectivity index is 3.14. The molecule has 0 nitrogen and oxygen atoms in total. The van der Waals surface area contributed by atoms with Crippen molar-refractivity contribution in [2.75, 3.05) is 0 Å². The molecule has 0 aliphatic heterocycles. The molecule has 0 aliphatic rings. The van der Waals surface area contributed by atoms with E-state index >= 15 is 0 Å². The summed E-state index contributed by atoms with van der Waals surface area (Å²) in [4.78, 5) is 0. The first-order valence-corrected chi connectivity index (χ1v) is 12.9. The molecule has 0 saturated heterocycles. The molecule has 0 aromatic carbocycles. The van der Waals surface area contributed by atoms with Crippen LogP contribution < -0.4 is 0 Å². The summed E-state index contributed by atoms with van der Waals surface area (Å²) in [7, 11) is 12.7. The largest absolute Gasteiger partial charge is 0.472 e. The van der Waals surface area contributed by atoms with Crippen molar-refractivity contribution in [2.24, 2.45) is 0 Å². The highest BCUT2D eigenvalue weighted by Gasteiger charge is 1.88. The monoisotopic (exact) mass is 225 g/mol. The summed E-state index contributed by atoms with van der Waals surface area (Å²) in [6.07, 6.45) is 0. The molecule has 0 heterocycles. The molecule has 0 fully saturated rings. The predicted molar refractivity (Wildman–Crippen MR) is 59.6 cm³/mol. The molecule has 0 rings (SSSR count). The molecule has 44 valence electrons. The average Bonchev–Trinajstić information content (AvgIpc) is 1.65. The highest BCUT2D eigenvalue weighted by atomic mass is 33.0. The van der Waals surface area contributed by atoms with Gasteiger partial charge >= 0.3 is 0 Å². The predicted octanol–water partition coefficient (Wildman–Crippen LogP) is 3.89. The van der Waals surface area contributed by atoms with Crippen molar-refractivity contribution in [3.05, 3.63) is 0 Å². The molecule has 7 heavy (non-hydrogen) atoms. The van der Waals surface area contributed by atoms with Crippen molar-refractivity contribution in [3.8, 4) is 0 Å². The second-order valence-electron chi connectivity index (χ2n) is 0.816. The Labute approximate surface area is 58.0 Å². The van der Waals surface area contributed by atoms with E-state index in [0.717, 1.165) is 0 Å². The Hall–Kier alpha value is 3.01. The fourth-order valence-corrected chi connectivity index (χ4v) is 14.5. The smallest absolute Gasteiger partial charge is 0.0697 e. The summed E-state index contributed by atoms with van der Waals surface area (Å²) >= 11 is 0. The van der Waals surface area contributed by atoms with Gasteiger partial charge < -0.3 is 7.96 Å². The Morgan fingerprint density at radius 2 is 1.57 bits per heavy atom. The maximum atomic E-state index is 2.87. The zero-order chi connectivity index (χ0) is 5.86. The van der Waals surface area contributed by atoms with E-state index in [2.05, 4.69) is 35.7 Å². The second kappa shape index (κ2) is 5.77. The van der Waals surface area contributed by atoms with Crippen molar-refractivity contribution in [2.45, 2.75) is 0 Å². The normalized spacial score (nSPS) is 16.7. The van der Waals surface area contributed by atoms with Crippen LogP contribution in [0.25, 0.3) is 0 Å². The van der Waals surface area contributed by atoms with Crippen LogP contribution in [0.4, 0.5) is 0 Å². The molecule has 0 radical (unpaired) electrons. The van der Waals surface area contributed by atoms with E-state index in [1.807, 2.05) is 0 Å². The van der Waals surface area contributed by atoms with Gasteiger partial charge in [0.2, 0.25) is 0 Å². The van der Waals surface area contributed by atoms with Crippen LogP contribution in [0, 0.1) is 0 Å². The third kappa shape index (κ3) is 5.45. The first kappa shape index (κ1) is 10.0. The van der Waals surface area contributed by atoms with Crippen molar-refractivity contribution >= 4 is 57.6 Å². The third-order valence-corrected chi connectivity index (χ3v) is 28.7. The molecule has 7 heteroatoms. The minimum absolute atomic E-state index is 0.166. The van der Waals surface area contributed by atoms with E-state index in [0.29, 0.717) is 0 Å². The average molecular weight is 225 g/mol. The number of hydrogen-bond acceptors (Lipinski definition) is 0. The van der Waals surface area contributed by atoms with Gasteiger partial charge in [0.15, 0.2) is 0 Å². The van der Waals surface area contributed by atoms with Gasteiger partial charge in [-0.1, -0.05) is 6.99 Å². The van der Waals surface area contributed by atoms with E-state index in [9.17, 15) is 0 Å². The maximum absolute atomic E-state index is 2.87. The molecule has 0 aromatic rings. The van der Waals surface area contributed by atoms with E-state index in [-0.39, 0.29) is 14.0 Å². The van der Waals surface area contributed by atoms with Crippen LogP contribution in [0.1, 0.15) is 0 Å². The molecule has 0 aromatic heterocycles. The molecule has 0 aliphatic carbocycles. The summed E-state index contributed by atoms with van der Waals surface area (Å²) < 4.78 is 0. The molecular weight excluding hydrogens is 217 g/mol. The molecule has 0 spiro atoms. The van der Waals surface area contributed by atoms with Crippen LogP contribution in [0.2, 0.25) is 0 Å². The summed E-state index contributed by atoms with van der Waals surface area (Å²) in [6.45, 7) is 0.371. The van der Waals surface area contributed by atoms with Crippen LogP contribution in [0.15, 0.2) is 0 Å². The van der Waals surface area contributed by atoms with Crippen LogP contribution in [-0.2, 0) is 0 Å². The topological polar surface area (TPSA) is 0 Å². The van der Waals surface area contributed by atoms with Gasteiger partial charge in [0, 0.05) is 0 Å². The highest BCUT2D eigenvalue weighted by Crippen LogP contribution is 2.92. The minimum Gasteiger partial charge on any atom is -0.472 e. The summed E-state index contributed by atoms with van der Waals surface area (Å²) in [5.74, 6) is 0. The fourth-order valence-electron chi connectivity index (χ4n) is 0.0596. The van der Waals surface area contributed by atoms with Gasteiger partial charge in [-0.3, -0.25) is 8.93 Å². The zero-order valence-corrected chi connectivity index (χ0v) is 11.0. The Morgan fingerprint density at radius 1 is 1.14 bits per heavy atom. The SMILES string of the molecule is P[P-]P(P)P(P)P. The van der Waals surface area contributed by atoms with Crippen molar-refractivity contribution < 1.29 is 0 Å². The maximum Gasteiger partial charge on any atom is -0.0697 e. The lowest BCUT2D eigenvalue weighted by Gasteiger charge is -2.26. The Morgan fingerprint density at radius 3 is 1.57 bits per heavy atom. The quantitative estimate of drug-likeness (QED) is 0.625. The number of rotatable bonds is 2. The summed E-state index contributed by atoms with van der Waals surface area (Å²) in [5.41, 5.74) is 0. The van der Waals surface area contributed by atoms with Crippen molar-refractivity contribution in [3.63, 3.8) is 0 Å². The third-order valence-electron chi connectivity index (χ3n) is 0.355. The van der Waals surface area contributed by atoms with E-state index in [1.54, 1.807) is 0 Å². The van der Waals surface area contributed by atoms with E-state index in [1.165, 1.54) is 7.96 Å². The van der Waals surface area contributed by atoms with Gasteiger partial charge in [-0.2, -0.15) is 0 Å². The lowest BCUT2D eigenvalue weighted by Crippen LogP contribution is -1.19.